The van der Waals surface area contributed by atoms with E-state index in [1.807, 2.05) is 0 Å². The Morgan fingerprint density at radius 1 is 0.500 bits per heavy atom. The quantitative estimate of drug-likeness (QED) is 0.270. The van der Waals surface area contributed by atoms with Gasteiger partial charge < -0.3 is 39.9 Å². The van der Waals surface area contributed by atoms with Gasteiger partial charge in [-0.3, -0.25) is 10.9 Å². The molecule has 1 aliphatic heterocycles. The van der Waals surface area contributed by atoms with Gasteiger partial charge in [0.2, 0.25) is 0 Å². The summed E-state index contributed by atoms with van der Waals surface area (Å²) in [6, 6.07) is 0. The van der Waals surface area contributed by atoms with Crippen LogP contribution in [0.25, 0.3) is 0 Å². The van der Waals surface area contributed by atoms with E-state index in [1.54, 1.807) is 0 Å². The van der Waals surface area contributed by atoms with Gasteiger partial charge in [-0.25, -0.2) is 0 Å². The molecule has 0 aromatic heterocycles. The Morgan fingerprint density at radius 3 is 1.00 bits per heavy atom. The van der Waals surface area contributed by atoms with Crippen LogP contribution in [0.2, 0.25) is 0 Å². The molecule has 0 aromatic rings. The molecule has 6 N–H and O–H groups in total. The van der Waals surface area contributed by atoms with E-state index in [2.05, 4.69) is 35.3 Å². The van der Waals surface area contributed by atoms with Crippen molar-refractivity contribution in [1.29, 1.82) is 0 Å². The molecule has 3 rings (SSSR count). The second-order valence-corrected chi connectivity index (χ2v) is 9.29. The van der Waals surface area contributed by atoms with E-state index < -0.39 is 0 Å². The molecule has 12 heteroatoms. The molecular weight excluding hydrogens is 480 g/mol. The van der Waals surface area contributed by atoms with Crippen molar-refractivity contribution in [2.24, 2.45) is 11.5 Å². The summed E-state index contributed by atoms with van der Waals surface area (Å²) in [4.78, 5) is 0. The summed E-state index contributed by atoms with van der Waals surface area (Å²) in [6.07, 6.45) is 9.93. The number of hydrogen-bond donors (Lipinski definition) is 4. The van der Waals surface area contributed by atoms with Gasteiger partial charge in [-0.2, -0.15) is 0 Å². The van der Waals surface area contributed by atoms with Gasteiger partial charge in [-0.15, -0.1) is 0 Å². The van der Waals surface area contributed by atoms with Crippen molar-refractivity contribution in [3.05, 3.63) is 0 Å². The van der Waals surface area contributed by atoms with E-state index in [9.17, 15) is 0 Å². The Kier molecular flexibility index (Phi) is 15.9. The van der Waals surface area contributed by atoms with Gasteiger partial charge >= 0.3 is 0 Å². The maximum Gasteiger partial charge on any atom is 0.182 e. The summed E-state index contributed by atoms with van der Waals surface area (Å²) in [5.74, 6) is 0. The largest absolute Gasteiger partial charge is 0.377 e. The second-order valence-electron chi connectivity index (χ2n) is 8.41. The van der Waals surface area contributed by atoms with E-state index in [4.69, 9.17) is 39.9 Å². The van der Waals surface area contributed by atoms with Crippen LogP contribution in [0.15, 0.2) is 0 Å². The van der Waals surface area contributed by atoms with Crippen LogP contribution in [0.5, 0.6) is 0 Å². The molecule has 0 radical (unpaired) electrons. The smallest absolute Gasteiger partial charge is 0.182 e. The number of nitrogens with one attached hydrogen (secondary N) is 2. The van der Waals surface area contributed by atoms with Crippen molar-refractivity contribution in [2.45, 2.75) is 75.8 Å². The monoisotopic (exact) mass is 522 g/mol. The lowest BCUT2D eigenvalue weighted by Gasteiger charge is -2.32. The van der Waals surface area contributed by atoms with Crippen LogP contribution < -0.4 is 22.3 Å². The number of rotatable bonds is 0. The summed E-state index contributed by atoms with van der Waals surface area (Å²) in [5, 5.41) is 0.218. The van der Waals surface area contributed by atoms with Crippen LogP contribution in [-0.2, 0) is 28.4 Å². The molecule has 0 unspecified atom stereocenters. The van der Waals surface area contributed by atoms with Gasteiger partial charge in [0.1, 0.15) is 0 Å². The molecule has 34 heavy (non-hydrogen) atoms. The van der Waals surface area contributed by atoms with Gasteiger partial charge in [0.05, 0.1) is 77.3 Å². The fraction of sp³-hybridized carbons (Fsp3) is 0.909. The zero-order chi connectivity index (χ0) is 24.4. The van der Waals surface area contributed by atoms with Crippen molar-refractivity contribution in [2.75, 3.05) is 52.9 Å². The van der Waals surface area contributed by atoms with Crippen LogP contribution in [0.3, 0.4) is 0 Å². The highest BCUT2D eigenvalue weighted by Gasteiger charge is 2.27. The van der Waals surface area contributed by atoms with Crippen molar-refractivity contribution in [3.63, 3.8) is 0 Å². The van der Waals surface area contributed by atoms with Crippen LogP contribution in [0, 0.1) is 0 Å². The molecule has 1 saturated heterocycles. The minimum atomic E-state index is 0.109. The molecule has 0 aromatic carbocycles. The average molecular weight is 523 g/mol. The number of hydrazine groups is 1. The lowest BCUT2D eigenvalue weighted by Crippen LogP contribution is -2.46. The molecule has 10 nitrogen and oxygen atoms in total. The Morgan fingerprint density at radius 2 is 0.765 bits per heavy atom. The molecule has 4 atom stereocenters. The number of fused-ring (bicyclic) bond motifs is 2. The van der Waals surface area contributed by atoms with E-state index in [-0.39, 0.29) is 34.6 Å². The minimum absolute atomic E-state index is 0.109. The Labute approximate surface area is 214 Å². The average Bonchev–Trinajstić information content (AvgIpc) is 2.83. The molecule has 2 saturated carbocycles. The first kappa shape index (κ1) is 29.4. The van der Waals surface area contributed by atoms with Gasteiger partial charge in [-0.05, 0) is 50.1 Å². The van der Waals surface area contributed by atoms with E-state index >= 15 is 0 Å². The number of ether oxygens (including phenoxy) is 6. The zero-order valence-corrected chi connectivity index (χ0v) is 21.7. The van der Waals surface area contributed by atoms with Crippen LogP contribution >= 0.6 is 24.4 Å². The number of nitrogens with two attached hydrogens (primary N) is 2. The van der Waals surface area contributed by atoms with E-state index in [1.165, 1.54) is 25.7 Å². The highest BCUT2D eigenvalue weighted by molar-refractivity contribution is 7.80. The lowest BCUT2D eigenvalue weighted by molar-refractivity contribution is -0.129. The predicted molar refractivity (Wildman–Crippen MR) is 137 cm³/mol. The summed E-state index contributed by atoms with van der Waals surface area (Å²) in [6.45, 7) is 4.93. The highest BCUT2D eigenvalue weighted by Crippen LogP contribution is 2.25. The number of thiocarbonyl (C=S) groups is 2. The zero-order valence-electron chi connectivity index (χ0n) is 20.0. The fourth-order valence-electron chi connectivity index (χ4n) is 4.25. The third-order valence-electron chi connectivity index (χ3n) is 5.83. The first-order chi connectivity index (χ1) is 16.6. The SMILES string of the molecule is C1CC[C@H]2OCCOCCO[C@@H]3CCCC[C@@H]3OCCOCCO[C@H]2C1.NC(=S)NNC(N)=S. The minimum Gasteiger partial charge on any atom is -0.377 e. The molecular formula is C22H42N4O6S2. The molecule has 0 bridgehead atoms. The van der Waals surface area contributed by atoms with Gasteiger partial charge in [0, 0.05) is 0 Å². The number of hydrogen-bond acceptors (Lipinski definition) is 8. The van der Waals surface area contributed by atoms with E-state index in [0.717, 1.165) is 25.7 Å². The summed E-state index contributed by atoms with van der Waals surface area (Å²) >= 11 is 8.81. The standard InChI is InChI=1S/C20H36O6.C2H6N4S2/c1-2-6-18-17(5-1)23-13-9-21-11-15-25-19-7-3-4-8-20(19)26-16-12-22-10-14-24-18;3-1(7)5-6-2(4)8/h17-20H,1-16H2;(H3,3,5,7)(H3,4,6,8)/t17-,18+,19-,20+;. The Hall–Kier alpha value is -0.860. The van der Waals surface area contributed by atoms with Crippen LogP contribution in [0.1, 0.15) is 51.4 Å². The van der Waals surface area contributed by atoms with Gasteiger partial charge in [-0.1, -0.05) is 25.7 Å². The maximum atomic E-state index is 6.03. The maximum absolute atomic E-state index is 6.03. The molecule has 2 aliphatic carbocycles. The first-order valence-corrected chi connectivity index (χ1v) is 13.1. The third kappa shape index (κ3) is 13.3. The summed E-state index contributed by atoms with van der Waals surface area (Å²) in [7, 11) is 0. The third-order valence-corrected chi connectivity index (χ3v) is 6.04. The van der Waals surface area contributed by atoms with Crippen LogP contribution in [0.4, 0.5) is 0 Å². The second kappa shape index (κ2) is 18.4. The van der Waals surface area contributed by atoms with Gasteiger partial charge in [0.15, 0.2) is 10.2 Å². The molecule has 1 heterocycles. The normalized spacial score (nSPS) is 30.0. The van der Waals surface area contributed by atoms with Crippen LogP contribution in [-0.4, -0.2) is 87.5 Å². The molecule has 0 amide bonds. The Balaban J connectivity index is 0.000000440. The first-order valence-electron chi connectivity index (χ1n) is 12.3. The van der Waals surface area contributed by atoms with Gasteiger partial charge in [0.25, 0.3) is 0 Å². The summed E-state index contributed by atoms with van der Waals surface area (Å²) < 4.78 is 35.5. The van der Waals surface area contributed by atoms with Crippen molar-refractivity contribution in [3.8, 4) is 0 Å². The Bertz CT molecular complexity index is 498. The van der Waals surface area contributed by atoms with Crippen molar-refractivity contribution in [1.82, 2.24) is 10.9 Å². The van der Waals surface area contributed by atoms with Crippen molar-refractivity contribution >= 4 is 34.7 Å². The summed E-state index contributed by atoms with van der Waals surface area (Å²) in [5.41, 5.74) is 14.6. The fourth-order valence-corrected chi connectivity index (χ4v) is 4.35. The van der Waals surface area contributed by atoms with Crippen molar-refractivity contribution < 1.29 is 28.4 Å². The lowest BCUT2D eigenvalue weighted by atomic mass is 9.94. The predicted octanol–water partition coefficient (Wildman–Crippen LogP) is 1.29. The molecule has 3 fully saturated rings. The van der Waals surface area contributed by atoms with E-state index in [0.29, 0.717) is 52.9 Å². The molecule has 3 aliphatic rings. The highest BCUT2D eigenvalue weighted by atomic mass is 32.1. The molecule has 0 spiro atoms. The molecule has 198 valence electrons. The topological polar surface area (TPSA) is 131 Å².